The molecule has 0 aromatic heterocycles. The van der Waals surface area contributed by atoms with E-state index in [-0.39, 0.29) is 24.1 Å². The molecule has 5 rings (SSSR count). The van der Waals surface area contributed by atoms with Crippen molar-refractivity contribution in [2.24, 2.45) is 5.41 Å². The highest BCUT2D eigenvalue weighted by Crippen LogP contribution is 2.36. The van der Waals surface area contributed by atoms with E-state index >= 15 is 0 Å². The van der Waals surface area contributed by atoms with E-state index in [9.17, 15) is 14.4 Å². The highest BCUT2D eigenvalue weighted by Gasteiger charge is 2.44. The molecule has 4 heterocycles. The summed E-state index contributed by atoms with van der Waals surface area (Å²) in [4.78, 5) is 40.9. The van der Waals surface area contributed by atoms with Gasteiger partial charge in [-0.05, 0) is 30.5 Å². The van der Waals surface area contributed by atoms with Crippen molar-refractivity contribution in [3.63, 3.8) is 0 Å². The van der Waals surface area contributed by atoms with Gasteiger partial charge in [-0.3, -0.25) is 24.6 Å². The molecule has 7 heteroatoms. The summed E-state index contributed by atoms with van der Waals surface area (Å²) in [6, 6.07) is 5.47. The van der Waals surface area contributed by atoms with Crippen LogP contribution in [0.2, 0.25) is 0 Å². The third-order valence-electron chi connectivity index (χ3n) is 6.55. The van der Waals surface area contributed by atoms with Gasteiger partial charge >= 0.3 is 0 Å². The molecule has 0 saturated carbocycles. The highest BCUT2D eigenvalue weighted by atomic mass is 16.2. The molecule has 1 aromatic rings. The monoisotopic (exact) mass is 368 g/mol. The van der Waals surface area contributed by atoms with Crippen LogP contribution in [0.4, 0.5) is 0 Å². The van der Waals surface area contributed by atoms with Gasteiger partial charge in [-0.1, -0.05) is 18.2 Å². The Morgan fingerprint density at radius 1 is 1.19 bits per heavy atom. The van der Waals surface area contributed by atoms with Gasteiger partial charge in [0.1, 0.15) is 6.04 Å². The van der Waals surface area contributed by atoms with E-state index in [4.69, 9.17) is 0 Å². The van der Waals surface area contributed by atoms with Gasteiger partial charge in [0.25, 0.3) is 5.91 Å². The molecular weight excluding hydrogens is 344 g/mol. The molecule has 1 unspecified atom stereocenters. The quantitative estimate of drug-likeness (QED) is 0.747. The van der Waals surface area contributed by atoms with Crippen LogP contribution in [0.5, 0.6) is 0 Å². The van der Waals surface area contributed by atoms with Crippen molar-refractivity contribution < 1.29 is 14.4 Å². The Labute approximate surface area is 158 Å². The lowest BCUT2D eigenvalue weighted by atomic mass is 9.81. The fraction of sp³-hybridized carbons (Fsp3) is 0.550. The van der Waals surface area contributed by atoms with Gasteiger partial charge in [0.05, 0.1) is 0 Å². The molecule has 0 bridgehead atoms. The van der Waals surface area contributed by atoms with Crippen LogP contribution in [0.1, 0.15) is 40.7 Å². The standard InChI is InChI=1S/C20H24N4O3/c25-16-5-4-15(18(26)22-16)24-9-14-3-1-2-13(17(14)19(24)27)8-23-7-6-20(12-23)10-21-11-20/h1-3,15,21H,4-12H2,(H,22,25,26). The number of imide groups is 1. The molecular formula is C20H24N4O3. The highest BCUT2D eigenvalue weighted by molar-refractivity contribution is 6.05. The number of fused-ring (bicyclic) bond motifs is 1. The van der Waals surface area contributed by atoms with Gasteiger partial charge in [-0.15, -0.1) is 0 Å². The SMILES string of the molecule is O=C1CCC(N2Cc3cccc(CN4CCC5(CNC5)C4)c3C2=O)C(=O)N1. The Morgan fingerprint density at radius 2 is 2.04 bits per heavy atom. The maximum absolute atomic E-state index is 13.1. The predicted molar refractivity (Wildman–Crippen MR) is 97.7 cm³/mol. The Kier molecular flexibility index (Phi) is 3.84. The Balaban J connectivity index is 1.35. The second-order valence-corrected chi connectivity index (χ2v) is 8.42. The summed E-state index contributed by atoms with van der Waals surface area (Å²) in [6.45, 7) is 5.56. The first-order chi connectivity index (χ1) is 13.0. The van der Waals surface area contributed by atoms with Gasteiger partial charge < -0.3 is 10.2 Å². The molecule has 4 aliphatic heterocycles. The van der Waals surface area contributed by atoms with E-state index in [2.05, 4.69) is 15.5 Å². The molecule has 0 aliphatic carbocycles. The van der Waals surface area contributed by atoms with E-state index in [1.807, 2.05) is 18.2 Å². The van der Waals surface area contributed by atoms with Crippen LogP contribution in [0.15, 0.2) is 18.2 Å². The molecule has 0 radical (unpaired) electrons. The molecule has 142 valence electrons. The first-order valence-corrected chi connectivity index (χ1v) is 9.73. The minimum absolute atomic E-state index is 0.0747. The molecule has 4 aliphatic rings. The second-order valence-electron chi connectivity index (χ2n) is 8.42. The number of likely N-dealkylation sites (tertiary alicyclic amines) is 1. The summed E-state index contributed by atoms with van der Waals surface area (Å²) in [5, 5.41) is 5.74. The van der Waals surface area contributed by atoms with Crippen LogP contribution < -0.4 is 10.6 Å². The summed E-state index contributed by atoms with van der Waals surface area (Å²) in [5.74, 6) is -0.684. The topological polar surface area (TPSA) is 81.8 Å². The van der Waals surface area contributed by atoms with E-state index in [1.165, 1.54) is 6.42 Å². The minimum Gasteiger partial charge on any atom is -0.322 e. The van der Waals surface area contributed by atoms with Gasteiger partial charge in [-0.25, -0.2) is 0 Å². The zero-order valence-electron chi connectivity index (χ0n) is 15.3. The van der Waals surface area contributed by atoms with E-state index in [0.29, 0.717) is 18.4 Å². The maximum atomic E-state index is 13.1. The molecule has 27 heavy (non-hydrogen) atoms. The zero-order valence-corrected chi connectivity index (χ0v) is 15.3. The van der Waals surface area contributed by atoms with Crippen molar-refractivity contribution in [2.75, 3.05) is 26.2 Å². The number of amides is 3. The van der Waals surface area contributed by atoms with Gasteiger partial charge in [0.2, 0.25) is 11.8 Å². The third-order valence-corrected chi connectivity index (χ3v) is 6.55. The molecule has 1 spiro atoms. The smallest absolute Gasteiger partial charge is 0.255 e. The number of carbonyl (C=O) groups excluding carboxylic acids is 3. The largest absolute Gasteiger partial charge is 0.322 e. The van der Waals surface area contributed by atoms with E-state index < -0.39 is 6.04 Å². The lowest BCUT2D eigenvalue weighted by molar-refractivity contribution is -0.136. The first-order valence-electron chi connectivity index (χ1n) is 9.73. The summed E-state index contributed by atoms with van der Waals surface area (Å²) in [6.07, 6.45) is 1.90. The van der Waals surface area contributed by atoms with Crippen LogP contribution in [-0.4, -0.2) is 59.7 Å². The van der Waals surface area contributed by atoms with Crippen LogP contribution in [0, 0.1) is 5.41 Å². The summed E-state index contributed by atoms with van der Waals surface area (Å²) < 4.78 is 0. The zero-order chi connectivity index (χ0) is 18.6. The lowest BCUT2D eigenvalue weighted by Crippen LogP contribution is -2.54. The fourth-order valence-corrected chi connectivity index (χ4v) is 4.99. The summed E-state index contributed by atoms with van der Waals surface area (Å²) in [7, 11) is 0. The van der Waals surface area contributed by atoms with Crippen molar-refractivity contribution in [3.8, 4) is 0 Å². The number of piperidine rings is 1. The minimum atomic E-state index is -0.549. The van der Waals surface area contributed by atoms with Crippen molar-refractivity contribution >= 4 is 17.7 Å². The van der Waals surface area contributed by atoms with Crippen molar-refractivity contribution in [1.82, 2.24) is 20.4 Å². The van der Waals surface area contributed by atoms with Crippen molar-refractivity contribution in [2.45, 2.75) is 38.4 Å². The molecule has 3 amide bonds. The Hall–Kier alpha value is -2.25. The average molecular weight is 368 g/mol. The number of benzene rings is 1. The molecule has 7 nitrogen and oxygen atoms in total. The van der Waals surface area contributed by atoms with Crippen LogP contribution in [-0.2, 0) is 22.7 Å². The predicted octanol–water partition coefficient (Wildman–Crippen LogP) is 0.243. The second kappa shape index (κ2) is 6.14. The average Bonchev–Trinajstić information content (AvgIpc) is 3.18. The Morgan fingerprint density at radius 3 is 2.74 bits per heavy atom. The number of hydrogen-bond acceptors (Lipinski definition) is 5. The Bertz CT molecular complexity index is 833. The molecule has 3 fully saturated rings. The number of hydrogen-bond donors (Lipinski definition) is 2. The normalized spacial score (nSPS) is 27.0. The van der Waals surface area contributed by atoms with Crippen molar-refractivity contribution in [1.29, 1.82) is 0 Å². The molecule has 3 saturated heterocycles. The third kappa shape index (κ3) is 2.76. The van der Waals surface area contributed by atoms with Crippen LogP contribution >= 0.6 is 0 Å². The number of carbonyl (C=O) groups is 3. The number of rotatable bonds is 3. The number of nitrogens with zero attached hydrogens (tertiary/aromatic N) is 2. The summed E-state index contributed by atoms with van der Waals surface area (Å²) >= 11 is 0. The van der Waals surface area contributed by atoms with Crippen LogP contribution in [0.25, 0.3) is 0 Å². The fourth-order valence-electron chi connectivity index (χ4n) is 4.99. The maximum Gasteiger partial charge on any atom is 0.255 e. The van der Waals surface area contributed by atoms with Crippen LogP contribution in [0.3, 0.4) is 0 Å². The summed E-state index contributed by atoms with van der Waals surface area (Å²) in [5.41, 5.74) is 3.23. The van der Waals surface area contributed by atoms with Gasteiger partial charge in [0, 0.05) is 50.1 Å². The lowest BCUT2D eigenvalue weighted by Gasteiger charge is -2.39. The van der Waals surface area contributed by atoms with Crippen molar-refractivity contribution in [3.05, 3.63) is 34.9 Å². The van der Waals surface area contributed by atoms with E-state index in [0.717, 1.165) is 49.4 Å². The van der Waals surface area contributed by atoms with E-state index in [1.54, 1.807) is 4.90 Å². The molecule has 2 N–H and O–H groups in total. The van der Waals surface area contributed by atoms with Gasteiger partial charge in [-0.2, -0.15) is 0 Å². The first kappa shape index (κ1) is 16.9. The molecule has 1 aromatic carbocycles. The molecule has 1 atom stereocenters. The number of nitrogens with one attached hydrogen (secondary N) is 2. The van der Waals surface area contributed by atoms with Gasteiger partial charge in [0.15, 0.2) is 0 Å².